The molecule has 0 amide bonds. The third kappa shape index (κ3) is 2.10. The molecule has 1 aliphatic carbocycles. The molecule has 0 radical (unpaired) electrons. The van der Waals surface area contributed by atoms with Crippen molar-refractivity contribution in [3.63, 3.8) is 0 Å². The first-order chi connectivity index (χ1) is 8.31. The van der Waals surface area contributed by atoms with Gasteiger partial charge in [0.1, 0.15) is 0 Å². The van der Waals surface area contributed by atoms with Crippen LogP contribution >= 0.6 is 0 Å². The van der Waals surface area contributed by atoms with Gasteiger partial charge in [0.05, 0.1) is 13.2 Å². The third-order valence-corrected chi connectivity index (χ3v) is 3.72. The van der Waals surface area contributed by atoms with Gasteiger partial charge in [-0.15, -0.1) is 0 Å². The molecule has 2 aliphatic rings. The first-order valence-corrected chi connectivity index (χ1v) is 6.31. The summed E-state index contributed by atoms with van der Waals surface area (Å²) >= 11 is 0. The molecule has 1 aromatic rings. The Morgan fingerprint density at radius 2 is 2.00 bits per heavy atom. The van der Waals surface area contributed by atoms with Crippen molar-refractivity contribution >= 4 is 0 Å². The van der Waals surface area contributed by atoms with Gasteiger partial charge >= 0.3 is 0 Å². The fourth-order valence-corrected chi connectivity index (χ4v) is 2.82. The van der Waals surface area contributed by atoms with Crippen molar-refractivity contribution in [2.24, 2.45) is 0 Å². The molecule has 1 saturated heterocycles. The number of rotatable bonds is 2. The largest absolute Gasteiger partial charge is 0.396 e. The van der Waals surface area contributed by atoms with E-state index < -0.39 is 0 Å². The fraction of sp³-hybridized carbons (Fsp3) is 0.571. The zero-order chi connectivity index (χ0) is 11.7. The van der Waals surface area contributed by atoms with E-state index >= 15 is 0 Å². The summed E-state index contributed by atoms with van der Waals surface area (Å²) in [6.07, 6.45) is 3.56. The molecule has 0 bridgehead atoms. The highest BCUT2D eigenvalue weighted by atomic mass is 16.7. The molecule has 17 heavy (non-hydrogen) atoms. The monoisotopic (exact) mass is 234 g/mol. The van der Waals surface area contributed by atoms with Crippen LogP contribution in [0.15, 0.2) is 18.2 Å². The molecule has 3 rings (SSSR count). The maximum absolute atomic E-state index is 8.95. The molecule has 92 valence electrons. The second kappa shape index (κ2) is 4.41. The van der Waals surface area contributed by atoms with Crippen molar-refractivity contribution in [2.45, 2.75) is 31.5 Å². The smallest absolute Gasteiger partial charge is 0.172 e. The first-order valence-electron chi connectivity index (χ1n) is 6.31. The molecule has 1 aromatic carbocycles. The highest BCUT2D eigenvalue weighted by molar-refractivity contribution is 5.35. The van der Waals surface area contributed by atoms with Crippen LogP contribution in [0.2, 0.25) is 0 Å². The average molecular weight is 234 g/mol. The van der Waals surface area contributed by atoms with Crippen LogP contribution in [0.5, 0.6) is 0 Å². The van der Waals surface area contributed by atoms with Crippen LogP contribution in [-0.4, -0.2) is 30.7 Å². The molecule has 1 aliphatic heterocycles. The number of benzene rings is 1. The number of fused-ring (bicyclic) bond motifs is 1. The van der Waals surface area contributed by atoms with Crippen molar-refractivity contribution in [1.82, 2.24) is 0 Å². The van der Waals surface area contributed by atoms with Crippen LogP contribution in [0, 0.1) is 0 Å². The normalized spacial score (nSPS) is 21.7. The Morgan fingerprint density at radius 3 is 2.76 bits per heavy atom. The van der Waals surface area contributed by atoms with E-state index in [1.165, 1.54) is 16.7 Å². The summed E-state index contributed by atoms with van der Waals surface area (Å²) in [6.45, 7) is 1.66. The summed E-state index contributed by atoms with van der Waals surface area (Å²) in [4.78, 5) is 0. The Bertz CT molecular complexity index is 408. The Balaban J connectivity index is 1.83. The summed E-state index contributed by atoms with van der Waals surface area (Å²) in [5.41, 5.74) is 3.94. The summed E-state index contributed by atoms with van der Waals surface area (Å²) < 4.78 is 11.5. The topological polar surface area (TPSA) is 38.7 Å². The molecular weight excluding hydrogens is 216 g/mol. The highest BCUT2D eigenvalue weighted by Crippen LogP contribution is 2.35. The van der Waals surface area contributed by atoms with Gasteiger partial charge in [-0.3, -0.25) is 0 Å². The zero-order valence-corrected chi connectivity index (χ0v) is 9.95. The molecule has 1 fully saturated rings. The molecule has 3 heteroatoms. The zero-order valence-electron chi connectivity index (χ0n) is 9.95. The Morgan fingerprint density at radius 1 is 1.18 bits per heavy atom. The summed E-state index contributed by atoms with van der Waals surface area (Å²) in [6, 6.07) is 6.47. The summed E-state index contributed by atoms with van der Waals surface area (Å²) in [5.74, 6) is -0.342. The lowest BCUT2D eigenvalue weighted by atomic mass is 9.86. The van der Waals surface area contributed by atoms with E-state index in [-0.39, 0.29) is 12.4 Å². The van der Waals surface area contributed by atoms with E-state index in [2.05, 4.69) is 18.2 Å². The molecule has 0 unspecified atom stereocenters. The first kappa shape index (κ1) is 11.2. The number of aliphatic hydroxyl groups is 1. The third-order valence-electron chi connectivity index (χ3n) is 3.72. The van der Waals surface area contributed by atoms with Gasteiger partial charge in [-0.05, 0) is 29.5 Å². The standard InChI is InChI=1S/C14H18O3/c15-6-4-11-1-2-13-10-14(16-7-8-17-14)5-3-12(13)9-11/h1-2,9,15H,3-8,10H2. The van der Waals surface area contributed by atoms with Gasteiger partial charge in [0.25, 0.3) is 0 Å². The lowest BCUT2D eigenvalue weighted by Crippen LogP contribution is -2.36. The van der Waals surface area contributed by atoms with Gasteiger partial charge in [0, 0.05) is 19.4 Å². The van der Waals surface area contributed by atoms with E-state index in [4.69, 9.17) is 14.6 Å². The highest BCUT2D eigenvalue weighted by Gasteiger charge is 2.39. The van der Waals surface area contributed by atoms with Gasteiger partial charge in [-0.1, -0.05) is 18.2 Å². The maximum Gasteiger partial charge on any atom is 0.172 e. The molecule has 0 aromatic heterocycles. The van der Waals surface area contributed by atoms with E-state index in [9.17, 15) is 0 Å². The molecule has 1 heterocycles. The lowest BCUT2D eigenvalue weighted by molar-refractivity contribution is -0.163. The van der Waals surface area contributed by atoms with Gasteiger partial charge in [0.15, 0.2) is 5.79 Å². The minimum atomic E-state index is -0.342. The van der Waals surface area contributed by atoms with Crippen LogP contribution in [0.4, 0.5) is 0 Å². The van der Waals surface area contributed by atoms with Crippen LogP contribution in [0.1, 0.15) is 23.1 Å². The van der Waals surface area contributed by atoms with Gasteiger partial charge in [-0.25, -0.2) is 0 Å². The molecular formula is C14H18O3. The Hall–Kier alpha value is -0.900. The van der Waals surface area contributed by atoms with Crippen LogP contribution < -0.4 is 0 Å². The second-order valence-electron chi connectivity index (χ2n) is 4.86. The minimum Gasteiger partial charge on any atom is -0.396 e. The Labute approximate surface area is 101 Å². The van der Waals surface area contributed by atoms with Gasteiger partial charge in [-0.2, -0.15) is 0 Å². The van der Waals surface area contributed by atoms with Crippen molar-refractivity contribution < 1.29 is 14.6 Å². The fourth-order valence-electron chi connectivity index (χ4n) is 2.82. The maximum atomic E-state index is 8.95. The summed E-state index contributed by atoms with van der Waals surface area (Å²) in [5, 5.41) is 8.95. The van der Waals surface area contributed by atoms with E-state index in [1.54, 1.807) is 0 Å². The number of hydrogen-bond acceptors (Lipinski definition) is 3. The molecule has 0 atom stereocenters. The van der Waals surface area contributed by atoms with Gasteiger partial charge < -0.3 is 14.6 Å². The molecule has 0 saturated carbocycles. The van der Waals surface area contributed by atoms with Gasteiger partial charge in [0.2, 0.25) is 0 Å². The predicted octanol–water partition coefficient (Wildman–Crippen LogP) is 1.45. The van der Waals surface area contributed by atoms with E-state index in [1.807, 2.05) is 0 Å². The number of ether oxygens (including phenoxy) is 2. The molecule has 1 spiro atoms. The lowest BCUT2D eigenvalue weighted by Gasteiger charge is -2.33. The van der Waals surface area contributed by atoms with Crippen molar-refractivity contribution in [3.05, 3.63) is 34.9 Å². The van der Waals surface area contributed by atoms with Crippen LogP contribution in [0.25, 0.3) is 0 Å². The SMILES string of the molecule is OCCc1ccc2c(c1)CCC1(C2)OCCO1. The summed E-state index contributed by atoms with van der Waals surface area (Å²) in [7, 11) is 0. The predicted molar refractivity (Wildman–Crippen MR) is 63.9 cm³/mol. The number of hydrogen-bond donors (Lipinski definition) is 1. The van der Waals surface area contributed by atoms with Crippen LogP contribution in [0.3, 0.4) is 0 Å². The molecule has 1 N–H and O–H groups in total. The quantitative estimate of drug-likeness (QED) is 0.842. The Kier molecular flexibility index (Phi) is 2.90. The van der Waals surface area contributed by atoms with Crippen molar-refractivity contribution in [3.8, 4) is 0 Å². The van der Waals surface area contributed by atoms with Crippen molar-refractivity contribution in [1.29, 1.82) is 0 Å². The average Bonchev–Trinajstić information content (AvgIpc) is 2.78. The van der Waals surface area contributed by atoms with Crippen LogP contribution in [-0.2, 0) is 28.7 Å². The number of aliphatic hydroxyl groups excluding tert-OH is 1. The van der Waals surface area contributed by atoms with E-state index in [0.29, 0.717) is 0 Å². The minimum absolute atomic E-state index is 0.217. The number of aryl methyl sites for hydroxylation is 1. The second-order valence-corrected chi connectivity index (χ2v) is 4.86. The van der Waals surface area contributed by atoms with E-state index in [0.717, 1.165) is 38.9 Å². The van der Waals surface area contributed by atoms with Crippen molar-refractivity contribution in [2.75, 3.05) is 19.8 Å². The molecule has 3 nitrogen and oxygen atoms in total.